The van der Waals surface area contributed by atoms with Crippen LogP contribution in [0.5, 0.6) is 0 Å². The van der Waals surface area contributed by atoms with Crippen LogP contribution in [0, 0.1) is 0 Å². The van der Waals surface area contributed by atoms with Crippen LogP contribution in [0.15, 0.2) is 57.8 Å². The fourth-order valence-electron chi connectivity index (χ4n) is 2.00. The van der Waals surface area contributed by atoms with Crippen LogP contribution in [-0.2, 0) is 4.79 Å². The molecule has 2 N–H and O–H groups in total. The Kier molecular flexibility index (Phi) is 3.80. The number of carbonyl (C=O) groups is 1. The molecule has 0 atom stereocenters. The summed E-state index contributed by atoms with van der Waals surface area (Å²) in [5, 5.41) is 3.33. The number of hydrogen-bond donors (Lipinski definition) is 2. The summed E-state index contributed by atoms with van der Waals surface area (Å²) >= 11 is 5.80. The van der Waals surface area contributed by atoms with E-state index in [4.69, 9.17) is 16.0 Å². The van der Waals surface area contributed by atoms with Gasteiger partial charge >= 0.3 is 5.76 Å². The molecule has 3 aromatic rings. The second-order valence-corrected chi connectivity index (χ2v) is 5.00. The van der Waals surface area contributed by atoms with E-state index in [-0.39, 0.29) is 5.91 Å². The minimum absolute atomic E-state index is 0.315. The second kappa shape index (κ2) is 5.91. The van der Waals surface area contributed by atoms with E-state index in [9.17, 15) is 9.59 Å². The molecule has 0 saturated heterocycles. The third-order valence-electron chi connectivity index (χ3n) is 3.01. The zero-order valence-corrected chi connectivity index (χ0v) is 12.1. The maximum Gasteiger partial charge on any atom is 0.417 e. The Hall–Kier alpha value is -2.79. The lowest BCUT2D eigenvalue weighted by Gasteiger charge is -2.02. The summed E-state index contributed by atoms with van der Waals surface area (Å²) in [5.41, 5.74) is 2.19. The van der Waals surface area contributed by atoms with Crippen LogP contribution in [0.1, 0.15) is 5.56 Å². The third kappa shape index (κ3) is 3.10. The number of aromatic amines is 1. The van der Waals surface area contributed by atoms with E-state index >= 15 is 0 Å². The van der Waals surface area contributed by atoms with Crippen molar-refractivity contribution < 1.29 is 9.21 Å². The molecule has 1 heterocycles. The number of hydrogen-bond acceptors (Lipinski definition) is 3. The zero-order chi connectivity index (χ0) is 15.5. The van der Waals surface area contributed by atoms with Crippen molar-refractivity contribution in [2.24, 2.45) is 0 Å². The number of carbonyl (C=O) groups excluding carboxylic acids is 1. The van der Waals surface area contributed by atoms with E-state index in [1.807, 2.05) is 0 Å². The van der Waals surface area contributed by atoms with Gasteiger partial charge in [0.2, 0.25) is 5.91 Å². The Bertz CT molecular complexity index is 907. The summed E-state index contributed by atoms with van der Waals surface area (Å²) < 4.78 is 4.94. The van der Waals surface area contributed by atoms with E-state index in [2.05, 4.69) is 10.3 Å². The van der Waals surface area contributed by atoms with Crippen molar-refractivity contribution in [1.29, 1.82) is 0 Å². The minimum atomic E-state index is -0.562. The number of benzene rings is 2. The molecule has 0 unspecified atom stereocenters. The largest absolute Gasteiger partial charge is 0.417 e. The third-order valence-corrected chi connectivity index (χ3v) is 3.26. The molecule has 1 amide bonds. The lowest BCUT2D eigenvalue weighted by Crippen LogP contribution is -2.08. The van der Waals surface area contributed by atoms with Gasteiger partial charge in [0, 0.05) is 11.1 Å². The van der Waals surface area contributed by atoms with Crippen LogP contribution < -0.4 is 11.1 Å². The van der Waals surface area contributed by atoms with Crippen LogP contribution in [0.3, 0.4) is 0 Å². The topological polar surface area (TPSA) is 75.1 Å². The van der Waals surface area contributed by atoms with Crippen LogP contribution >= 0.6 is 11.6 Å². The summed E-state index contributed by atoms with van der Waals surface area (Å²) in [6, 6.07) is 12.1. The van der Waals surface area contributed by atoms with Gasteiger partial charge in [0.25, 0.3) is 0 Å². The van der Waals surface area contributed by atoms with Gasteiger partial charge in [-0.25, -0.2) is 4.79 Å². The van der Waals surface area contributed by atoms with E-state index < -0.39 is 5.76 Å². The van der Waals surface area contributed by atoms with Crippen molar-refractivity contribution in [2.45, 2.75) is 0 Å². The Labute approximate surface area is 130 Å². The van der Waals surface area contributed by atoms with Crippen molar-refractivity contribution in [3.8, 4) is 0 Å². The van der Waals surface area contributed by atoms with Gasteiger partial charge in [-0.2, -0.15) is 0 Å². The normalized spacial score (nSPS) is 11.1. The molecule has 0 saturated carbocycles. The number of nitrogens with one attached hydrogen (secondary N) is 2. The number of H-pyrrole nitrogens is 1. The number of aromatic nitrogens is 1. The lowest BCUT2D eigenvalue weighted by atomic mass is 10.2. The summed E-state index contributed by atoms with van der Waals surface area (Å²) in [7, 11) is 0. The monoisotopic (exact) mass is 314 g/mol. The summed E-state index contributed by atoms with van der Waals surface area (Å²) in [6.07, 6.45) is 3.07. The first kappa shape index (κ1) is 14.2. The van der Waals surface area contributed by atoms with E-state index in [0.717, 1.165) is 5.56 Å². The fraction of sp³-hybridized carbons (Fsp3) is 0. The van der Waals surface area contributed by atoms with Crippen LogP contribution in [0.2, 0.25) is 5.02 Å². The average molecular weight is 315 g/mol. The van der Waals surface area contributed by atoms with Crippen molar-refractivity contribution >= 4 is 40.4 Å². The van der Waals surface area contributed by atoms with E-state index in [1.54, 1.807) is 48.5 Å². The molecular weight excluding hydrogens is 304 g/mol. The molecule has 6 heteroatoms. The Morgan fingerprint density at radius 3 is 2.73 bits per heavy atom. The van der Waals surface area contributed by atoms with Gasteiger partial charge in [-0.1, -0.05) is 29.8 Å². The zero-order valence-electron chi connectivity index (χ0n) is 11.3. The number of para-hydroxylation sites is 1. The van der Waals surface area contributed by atoms with Gasteiger partial charge in [0.05, 0.1) is 5.69 Å². The minimum Gasteiger partial charge on any atom is -0.408 e. The molecule has 0 aliphatic heterocycles. The number of amides is 1. The SMILES string of the molecule is O=C(/C=C/c1ccc(Cl)cc1)Nc1cccc2oc(=O)[nH]c12. The molecule has 3 rings (SSSR count). The molecule has 2 aromatic carbocycles. The van der Waals surface area contributed by atoms with Gasteiger partial charge in [0.15, 0.2) is 5.58 Å². The first-order chi connectivity index (χ1) is 10.6. The maximum atomic E-state index is 12.0. The molecule has 22 heavy (non-hydrogen) atoms. The molecule has 0 bridgehead atoms. The van der Waals surface area contributed by atoms with Crippen molar-refractivity contribution in [3.63, 3.8) is 0 Å². The molecule has 0 radical (unpaired) electrons. The first-order valence-electron chi connectivity index (χ1n) is 6.48. The molecular formula is C16H11ClN2O3. The average Bonchev–Trinajstić information content (AvgIpc) is 2.88. The second-order valence-electron chi connectivity index (χ2n) is 4.57. The van der Waals surface area contributed by atoms with Crippen molar-refractivity contribution in [3.05, 3.63) is 69.7 Å². The predicted molar refractivity (Wildman–Crippen MR) is 86.0 cm³/mol. The fourth-order valence-corrected chi connectivity index (χ4v) is 2.12. The predicted octanol–water partition coefficient (Wildman–Crippen LogP) is 3.43. The smallest absolute Gasteiger partial charge is 0.408 e. The molecule has 110 valence electrons. The first-order valence-corrected chi connectivity index (χ1v) is 6.86. The summed E-state index contributed by atoms with van der Waals surface area (Å²) in [4.78, 5) is 25.7. The van der Waals surface area contributed by atoms with Gasteiger partial charge in [0.1, 0.15) is 5.52 Å². The molecule has 5 nitrogen and oxygen atoms in total. The number of rotatable bonds is 3. The van der Waals surface area contributed by atoms with Gasteiger partial charge in [-0.3, -0.25) is 9.78 Å². The number of oxazole rings is 1. The Morgan fingerprint density at radius 1 is 1.18 bits per heavy atom. The standard InChI is InChI=1S/C16H11ClN2O3/c17-11-7-4-10(5-8-11)6-9-14(20)18-12-2-1-3-13-15(12)19-16(21)22-13/h1-9H,(H,18,20)(H,19,21)/b9-6+. The van der Waals surface area contributed by atoms with E-state index in [1.165, 1.54) is 6.08 Å². The maximum absolute atomic E-state index is 12.0. The van der Waals surface area contributed by atoms with Crippen LogP contribution in [0.4, 0.5) is 5.69 Å². The molecule has 0 fully saturated rings. The highest BCUT2D eigenvalue weighted by atomic mass is 35.5. The van der Waals surface area contributed by atoms with Gasteiger partial charge in [-0.05, 0) is 35.9 Å². The lowest BCUT2D eigenvalue weighted by molar-refractivity contribution is -0.111. The highest BCUT2D eigenvalue weighted by Crippen LogP contribution is 2.20. The number of fused-ring (bicyclic) bond motifs is 1. The molecule has 1 aromatic heterocycles. The summed E-state index contributed by atoms with van der Waals surface area (Å²) in [6.45, 7) is 0. The summed E-state index contributed by atoms with van der Waals surface area (Å²) in [5.74, 6) is -0.877. The Balaban J connectivity index is 1.78. The van der Waals surface area contributed by atoms with Gasteiger partial charge in [-0.15, -0.1) is 0 Å². The van der Waals surface area contributed by atoms with Crippen molar-refractivity contribution in [2.75, 3.05) is 5.32 Å². The van der Waals surface area contributed by atoms with Gasteiger partial charge < -0.3 is 9.73 Å². The van der Waals surface area contributed by atoms with Crippen molar-refractivity contribution in [1.82, 2.24) is 4.98 Å². The van der Waals surface area contributed by atoms with E-state index in [0.29, 0.717) is 21.8 Å². The number of halogens is 1. The Morgan fingerprint density at radius 2 is 1.95 bits per heavy atom. The molecule has 0 spiro atoms. The highest BCUT2D eigenvalue weighted by molar-refractivity contribution is 6.30. The molecule has 0 aliphatic carbocycles. The van der Waals surface area contributed by atoms with Crippen LogP contribution in [-0.4, -0.2) is 10.9 Å². The number of anilines is 1. The van der Waals surface area contributed by atoms with Crippen LogP contribution in [0.25, 0.3) is 17.2 Å². The highest BCUT2D eigenvalue weighted by Gasteiger charge is 2.07. The molecule has 0 aliphatic rings. The quantitative estimate of drug-likeness (QED) is 0.727.